The van der Waals surface area contributed by atoms with E-state index in [1.54, 1.807) is 30.3 Å². The Kier molecular flexibility index (Phi) is 6.90. The topological polar surface area (TPSA) is 49.4 Å². The van der Waals surface area contributed by atoms with Gasteiger partial charge in [-0.3, -0.25) is 9.59 Å². The second-order valence-corrected chi connectivity index (χ2v) is 6.99. The Morgan fingerprint density at radius 3 is 2.64 bits per heavy atom. The van der Waals surface area contributed by atoms with Crippen molar-refractivity contribution in [2.75, 3.05) is 18.9 Å². The van der Waals surface area contributed by atoms with E-state index in [-0.39, 0.29) is 18.0 Å². The minimum Gasteiger partial charge on any atom is -0.333 e. The van der Waals surface area contributed by atoms with Crippen molar-refractivity contribution in [1.29, 1.82) is 0 Å². The summed E-state index contributed by atoms with van der Waals surface area (Å²) < 4.78 is 15.1. The first-order valence-corrected chi connectivity index (χ1v) is 8.88. The van der Waals surface area contributed by atoms with Crippen LogP contribution < -0.4 is 5.32 Å². The summed E-state index contributed by atoms with van der Waals surface area (Å²) >= 11 is 6.59. The third kappa shape index (κ3) is 5.79. The van der Waals surface area contributed by atoms with Crippen molar-refractivity contribution < 1.29 is 14.0 Å². The summed E-state index contributed by atoms with van der Waals surface area (Å²) in [5.41, 5.74) is 0.911. The molecule has 0 saturated carbocycles. The van der Waals surface area contributed by atoms with E-state index in [0.717, 1.165) is 4.47 Å². The summed E-state index contributed by atoms with van der Waals surface area (Å²) in [7, 11) is 1.50. The minimum absolute atomic E-state index is 0.120. The summed E-state index contributed by atoms with van der Waals surface area (Å²) in [6.07, 6.45) is 2.61. The quantitative estimate of drug-likeness (QED) is 0.657. The summed E-state index contributed by atoms with van der Waals surface area (Å²) in [4.78, 5) is 25.4. The second kappa shape index (κ2) is 8.92. The van der Waals surface area contributed by atoms with Crippen LogP contribution in [0.2, 0.25) is 0 Å². The van der Waals surface area contributed by atoms with E-state index in [2.05, 4.69) is 37.2 Å². The number of amides is 2. The van der Waals surface area contributed by atoms with E-state index in [1.807, 2.05) is 6.07 Å². The predicted octanol–water partition coefficient (Wildman–Crippen LogP) is 4.46. The number of hydrogen-bond donors (Lipinski definition) is 1. The number of anilines is 1. The molecule has 2 aromatic carbocycles. The van der Waals surface area contributed by atoms with E-state index in [9.17, 15) is 14.0 Å². The molecule has 0 unspecified atom stereocenters. The zero-order valence-corrected chi connectivity index (χ0v) is 16.5. The molecule has 0 aliphatic heterocycles. The molecule has 0 aliphatic rings. The van der Waals surface area contributed by atoms with Crippen LogP contribution in [0.4, 0.5) is 10.1 Å². The number of carbonyl (C=O) groups is 2. The molecule has 0 radical (unpaired) electrons. The number of halogens is 3. The number of likely N-dealkylation sites (N-methyl/N-ethyl adjacent to an activating group) is 1. The smallest absolute Gasteiger partial charge is 0.246 e. The molecule has 25 heavy (non-hydrogen) atoms. The molecule has 4 nitrogen and oxygen atoms in total. The molecule has 0 saturated heterocycles. The lowest BCUT2D eigenvalue weighted by Crippen LogP contribution is -2.33. The van der Waals surface area contributed by atoms with Crippen LogP contribution in [0, 0.1) is 5.82 Å². The predicted molar refractivity (Wildman–Crippen MR) is 104 cm³/mol. The normalized spacial score (nSPS) is 10.7. The largest absolute Gasteiger partial charge is 0.333 e. The maximum atomic E-state index is 13.6. The van der Waals surface area contributed by atoms with E-state index < -0.39 is 11.7 Å². The third-order valence-electron chi connectivity index (χ3n) is 3.27. The summed E-state index contributed by atoms with van der Waals surface area (Å²) in [6.45, 7) is -0.120. The number of nitrogens with zero attached hydrogens (tertiary/aromatic N) is 1. The standard InChI is InChI=1S/C18H15Br2FN2O2/c1-23(11-17(24)22-16-5-3-2-4-14(16)20)18(25)9-6-12-10-13(19)7-8-15(12)21/h2-10H,11H2,1H3,(H,22,24)/b9-6+. The zero-order chi connectivity index (χ0) is 18.4. The van der Waals surface area contributed by atoms with Gasteiger partial charge in [0.15, 0.2) is 0 Å². The number of hydrogen-bond acceptors (Lipinski definition) is 2. The van der Waals surface area contributed by atoms with Crippen LogP contribution in [0.25, 0.3) is 6.08 Å². The SMILES string of the molecule is CN(CC(=O)Nc1ccccc1Br)C(=O)/C=C/c1cc(Br)ccc1F. The average molecular weight is 470 g/mol. The van der Waals surface area contributed by atoms with E-state index in [0.29, 0.717) is 10.2 Å². The molecule has 0 aliphatic carbocycles. The fourth-order valence-electron chi connectivity index (χ4n) is 1.98. The molecular weight excluding hydrogens is 455 g/mol. The summed E-state index contributed by atoms with van der Waals surface area (Å²) in [5.74, 6) is -1.16. The number of carbonyl (C=O) groups excluding carboxylic acids is 2. The van der Waals surface area contributed by atoms with Gasteiger partial charge in [0, 0.05) is 27.6 Å². The molecule has 1 N–H and O–H groups in total. The van der Waals surface area contributed by atoms with Crippen LogP contribution in [-0.2, 0) is 9.59 Å². The summed E-state index contributed by atoms with van der Waals surface area (Å²) in [6, 6.07) is 11.6. The molecule has 0 aromatic heterocycles. The first kappa shape index (κ1) is 19.3. The van der Waals surface area contributed by atoms with Crippen LogP contribution in [0.5, 0.6) is 0 Å². The molecule has 130 valence electrons. The van der Waals surface area contributed by atoms with Crippen LogP contribution in [0.15, 0.2) is 57.5 Å². The first-order chi connectivity index (χ1) is 11.9. The van der Waals surface area contributed by atoms with Crippen molar-refractivity contribution in [3.8, 4) is 0 Å². The van der Waals surface area contributed by atoms with Gasteiger partial charge in [0.25, 0.3) is 0 Å². The minimum atomic E-state index is -0.429. The van der Waals surface area contributed by atoms with Crippen LogP contribution in [-0.4, -0.2) is 30.3 Å². The van der Waals surface area contributed by atoms with E-state index in [4.69, 9.17) is 0 Å². The van der Waals surface area contributed by atoms with Gasteiger partial charge in [-0.15, -0.1) is 0 Å². The first-order valence-electron chi connectivity index (χ1n) is 7.29. The summed E-state index contributed by atoms with van der Waals surface area (Å²) in [5, 5.41) is 2.72. The van der Waals surface area contributed by atoms with Gasteiger partial charge in [-0.2, -0.15) is 0 Å². The molecule has 0 spiro atoms. The molecule has 7 heteroatoms. The maximum absolute atomic E-state index is 13.6. The van der Waals surface area contributed by atoms with Crippen molar-refractivity contribution >= 4 is 55.4 Å². The van der Waals surface area contributed by atoms with Gasteiger partial charge in [-0.05, 0) is 52.3 Å². The Bertz CT molecular complexity index is 824. The lowest BCUT2D eigenvalue weighted by Gasteiger charge is -2.15. The fourth-order valence-corrected chi connectivity index (χ4v) is 2.74. The second-order valence-electron chi connectivity index (χ2n) is 5.22. The molecule has 2 aromatic rings. The van der Waals surface area contributed by atoms with Crippen LogP contribution >= 0.6 is 31.9 Å². The maximum Gasteiger partial charge on any atom is 0.246 e. The molecule has 0 bridgehead atoms. The lowest BCUT2D eigenvalue weighted by atomic mass is 10.2. The Labute approximate surface area is 162 Å². The Morgan fingerprint density at radius 1 is 1.20 bits per heavy atom. The van der Waals surface area contributed by atoms with Gasteiger partial charge in [0.1, 0.15) is 5.82 Å². The Morgan fingerprint density at radius 2 is 1.92 bits per heavy atom. The van der Waals surface area contributed by atoms with Crippen molar-refractivity contribution in [3.05, 3.63) is 68.9 Å². The van der Waals surface area contributed by atoms with Crippen molar-refractivity contribution in [3.63, 3.8) is 0 Å². The molecule has 2 rings (SSSR count). The number of rotatable bonds is 5. The highest BCUT2D eigenvalue weighted by Crippen LogP contribution is 2.21. The van der Waals surface area contributed by atoms with Gasteiger partial charge in [-0.25, -0.2) is 4.39 Å². The molecular formula is C18H15Br2FN2O2. The van der Waals surface area contributed by atoms with Gasteiger partial charge >= 0.3 is 0 Å². The lowest BCUT2D eigenvalue weighted by molar-refractivity contribution is -0.129. The Balaban J connectivity index is 1.95. The van der Waals surface area contributed by atoms with Crippen molar-refractivity contribution in [2.24, 2.45) is 0 Å². The monoisotopic (exact) mass is 468 g/mol. The fraction of sp³-hybridized carbons (Fsp3) is 0.111. The highest BCUT2D eigenvalue weighted by Gasteiger charge is 2.12. The molecule has 2 amide bonds. The van der Waals surface area contributed by atoms with Gasteiger partial charge in [0.05, 0.1) is 12.2 Å². The van der Waals surface area contributed by atoms with Gasteiger partial charge in [-0.1, -0.05) is 28.1 Å². The Hall–Kier alpha value is -1.99. The van der Waals surface area contributed by atoms with E-state index >= 15 is 0 Å². The van der Waals surface area contributed by atoms with Gasteiger partial charge in [0.2, 0.25) is 11.8 Å². The average Bonchev–Trinajstić information content (AvgIpc) is 2.57. The number of benzene rings is 2. The van der Waals surface area contributed by atoms with Crippen molar-refractivity contribution in [1.82, 2.24) is 4.90 Å². The van der Waals surface area contributed by atoms with E-state index in [1.165, 1.54) is 30.2 Å². The zero-order valence-electron chi connectivity index (χ0n) is 13.3. The molecule has 0 atom stereocenters. The molecule has 0 heterocycles. The number of para-hydroxylation sites is 1. The highest BCUT2D eigenvalue weighted by molar-refractivity contribution is 9.10. The number of nitrogens with one attached hydrogen (secondary N) is 1. The van der Waals surface area contributed by atoms with Crippen LogP contribution in [0.1, 0.15) is 5.56 Å². The van der Waals surface area contributed by atoms with Crippen molar-refractivity contribution in [2.45, 2.75) is 0 Å². The highest BCUT2D eigenvalue weighted by atomic mass is 79.9. The van der Waals surface area contributed by atoms with Crippen LogP contribution in [0.3, 0.4) is 0 Å². The van der Waals surface area contributed by atoms with Gasteiger partial charge < -0.3 is 10.2 Å². The molecule has 0 fully saturated rings. The third-order valence-corrected chi connectivity index (χ3v) is 4.45.